The molecule has 1 aromatic heterocycles. The van der Waals surface area contributed by atoms with Crippen LogP contribution in [-0.4, -0.2) is 21.1 Å². The quantitative estimate of drug-likeness (QED) is 0.612. The predicted octanol–water partition coefficient (Wildman–Crippen LogP) is 4.89. The molecule has 0 radical (unpaired) electrons. The largest absolute Gasteiger partial charge is 0.508 e. The second kappa shape index (κ2) is 8.56. The lowest BCUT2D eigenvalue weighted by atomic mass is 10.0. The van der Waals surface area contributed by atoms with Gasteiger partial charge in [0.25, 0.3) is 0 Å². The molecule has 1 aromatic carbocycles. The zero-order valence-corrected chi connectivity index (χ0v) is 18.0. The third-order valence-electron chi connectivity index (χ3n) is 5.63. The van der Waals surface area contributed by atoms with Gasteiger partial charge in [-0.2, -0.15) is 5.10 Å². The Bertz CT molecular complexity index is 1160. The first-order chi connectivity index (χ1) is 14.9. The van der Waals surface area contributed by atoms with Crippen LogP contribution < -0.4 is 10.6 Å². The van der Waals surface area contributed by atoms with Gasteiger partial charge in [0.05, 0.1) is 11.4 Å². The number of hydrogen-bond donors (Lipinski definition) is 3. The van der Waals surface area contributed by atoms with Gasteiger partial charge in [-0.05, 0) is 68.2 Å². The Balaban J connectivity index is 1.60. The van der Waals surface area contributed by atoms with Gasteiger partial charge in [0.15, 0.2) is 0 Å². The Labute approximate surface area is 183 Å². The van der Waals surface area contributed by atoms with Crippen LogP contribution in [0.2, 0.25) is 0 Å². The van der Waals surface area contributed by atoms with Crippen LogP contribution >= 0.6 is 0 Å². The van der Waals surface area contributed by atoms with Crippen molar-refractivity contribution >= 4 is 11.4 Å². The average Bonchev–Trinajstić information content (AvgIpc) is 3.14. The molecule has 5 heteroatoms. The minimum absolute atomic E-state index is 0.0363. The van der Waals surface area contributed by atoms with Gasteiger partial charge in [-0.3, -0.25) is 0 Å². The summed E-state index contributed by atoms with van der Waals surface area (Å²) >= 11 is 0. The van der Waals surface area contributed by atoms with Gasteiger partial charge in [0.2, 0.25) is 0 Å². The normalized spacial score (nSPS) is 20.3. The summed E-state index contributed by atoms with van der Waals surface area (Å²) in [5.74, 6) is 0.0363. The number of benzene rings is 1. The number of nitrogens with one attached hydrogen (secondary N) is 2. The standard InChI is InChI=1S/C26H28N4O/c1-17-10-11-21(14-18(17)2)25-9-7-5-6-8-23-15-24(29-30(23)25)19(3)28-26-13-12-22(16-27-26)20(4)31/h5,7,9-16,26-28,31H,3-4,6,8H2,1-2H3/b7-5-,25-9-. The fourth-order valence-corrected chi connectivity index (χ4v) is 3.64. The van der Waals surface area contributed by atoms with Crippen LogP contribution in [0, 0.1) is 13.8 Å². The summed E-state index contributed by atoms with van der Waals surface area (Å²) in [4.78, 5) is 0. The molecule has 5 nitrogen and oxygen atoms in total. The van der Waals surface area contributed by atoms with E-state index in [9.17, 15) is 5.11 Å². The van der Waals surface area contributed by atoms with Gasteiger partial charge in [0, 0.05) is 23.0 Å². The lowest BCUT2D eigenvalue weighted by Crippen LogP contribution is -2.38. The minimum atomic E-state index is -0.142. The maximum atomic E-state index is 9.50. The van der Waals surface area contributed by atoms with E-state index in [2.05, 4.69) is 80.1 Å². The summed E-state index contributed by atoms with van der Waals surface area (Å²) in [5, 5.41) is 20.9. The fourth-order valence-electron chi connectivity index (χ4n) is 3.64. The SMILES string of the molecule is C=C(O)C1=CNC(NC(=C)c2cc3n(n2)/C(c2ccc(C)c(C)c2)=C\C=C/CC3)C=C1. The van der Waals surface area contributed by atoms with Gasteiger partial charge in [-0.1, -0.05) is 37.4 Å². The number of aromatic nitrogens is 2. The third kappa shape index (κ3) is 4.40. The van der Waals surface area contributed by atoms with Crippen LogP contribution in [0.1, 0.15) is 34.5 Å². The van der Waals surface area contributed by atoms with Crippen LogP contribution in [0.3, 0.4) is 0 Å². The van der Waals surface area contributed by atoms with Gasteiger partial charge in [-0.15, -0.1) is 0 Å². The lowest BCUT2D eigenvalue weighted by Gasteiger charge is -2.21. The molecule has 0 saturated carbocycles. The second-order valence-electron chi connectivity index (χ2n) is 7.92. The molecule has 31 heavy (non-hydrogen) atoms. The molecule has 0 amide bonds. The summed E-state index contributed by atoms with van der Waals surface area (Å²) < 4.78 is 2.04. The van der Waals surface area contributed by atoms with E-state index in [0.29, 0.717) is 5.57 Å². The Morgan fingerprint density at radius 1 is 1.23 bits per heavy atom. The number of aliphatic hydroxyl groups is 1. The number of rotatable bonds is 5. The fraction of sp³-hybridized carbons (Fsp3) is 0.192. The third-order valence-corrected chi connectivity index (χ3v) is 5.63. The van der Waals surface area contributed by atoms with Crippen molar-refractivity contribution in [2.45, 2.75) is 32.9 Å². The molecule has 2 aromatic rings. The molecule has 1 unspecified atom stereocenters. The van der Waals surface area contributed by atoms with Gasteiger partial charge in [-0.25, -0.2) is 4.68 Å². The van der Waals surface area contributed by atoms with E-state index in [4.69, 9.17) is 5.10 Å². The summed E-state index contributed by atoms with van der Waals surface area (Å²) in [6, 6.07) is 8.62. The molecule has 158 valence electrons. The first kappa shape index (κ1) is 20.5. The molecule has 4 rings (SSSR count). The summed E-state index contributed by atoms with van der Waals surface area (Å²) in [6.45, 7) is 12.0. The maximum absolute atomic E-state index is 9.50. The number of allylic oxidation sites excluding steroid dienone is 4. The van der Waals surface area contributed by atoms with Gasteiger partial charge < -0.3 is 15.7 Å². The molecule has 2 aliphatic rings. The van der Waals surface area contributed by atoms with E-state index in [-0.39, 0.29) is 11.9 Å². The van der Waals surface area contributed by atoms with Crippen molar-refractivity contribution in [1.29, 1.82) is 0 Å². The molecular formula is C26H28N4O. The van der Waals surface area contributed by atoms with Crippen LogP contribution in [0.15, 0.2) is 85.3 Å². The van der Waals surface area contributed by atoms with Crippen LogP contribution in [0.25, 0.3) is 11.4 Å². The zero-order chi connectivity index (χ0) is 22.0. The number of aliphatic hydroxyl groups excluding tert-OH is 1. The molecule has 0 spiro atoms. The molecule has 2 aliphatic heterocycles. The highest BCUT2D eigenvalue weighted by atomic mass is 16.3. The Morgan fingerprint density at radius 3 is 2.77 bits per heavy atom. The van der Waals surface area contributed by atoms with Crippen LogP contribution in [-0.2, 0) is 6.42 Å². The molecule has 0 aliphatic carbocycles. The Kier molecular flexibility index (Phi) is 5.67. The van der Waals surface area contributed by atoms with E-state index < -0.39 is 0 Å². The smallest absolute Gasteiger partial charge is 0.117 e. The zero-order valence-electron chi connectivity index (χ0n) is 18.0. The molecule has 0 saturated heterocycles. The first-order valence-electron chi connectivity index (χ1n) is 10.4. The summed E-state index contributed by atoms with van der Waals surface area (Å²) in [5.41, 5.74) is 8.08. The molecular weight excluding hydrogens is 384 g/mol. The van der Waals surface area contributed by atoms with Crippen LogP contribution in [0.5, 0.6) is 0 Å². The first-order valence-corrected chi connectivity index (χ1v) is 10.4. The van der Waals surface area contributed by atoms with Gasteiger partial charge >= 0.3 is 0 Å². The van der Waals surface area contributed by atoms with Crippen molar-refractivity contribution in [2.75, 3.05) is 0 Å². The maximum Gasteiger partial charge on any atom is 0.117 e. The predicted molar refractivity (Wildman–Crippen MR) is 127 cm³/mol. The lowest BCUT2D eigenvalue weighted by molar-refractivity contribution is 0.427. The number of nitrogens with zero attached hydrogens (tertiary/aromatic N) is 2. The molecule has 3 heterocycles. The molecule has 0 bridgehead atoms. The minimum Gasteiger partial charge on any atom is -0.508 e. The van der Waals surface area contributed by atoms with Gasteiger partial charge in [0.1, 0.15) is 17.6 Å². The van der Waals surface area contributed by atoms with Crippen molar-refractivity contribution in [3.05, 3.63) is 113 Å². The topological polar surface area (TPSA) is 62.1 Å². The molecule has 1 atom stereocenters. The van der Waals surface area contributed by atoms with Crippen molar-refractivity contribution in [3.8, 4) is 0 Å². The van der Waals surface area contributed by atoms with Crippen molar-refractivity contribution in [2.24, 2.45) is 0 Å². The number of hydrogen-bond acceptors (Lipinski definition) is 4. The van der Waals surface area contributed by atoms with E-state index in [1.807, 2.05) is 16.8 Å². The molecule has 3 N–H and O–H groups in total. The molecule has 0 fully saturated rings. The van der Waals surface area contributed by atoms with E-state index in [1.165, 1.54) is 11.1 Å². The monoisotopic (exact) mass is 412 g/mol. The second-order valence-corrected chi connectivity index (χ2v) is 7.92. The number of dihydropyridines is 1. The van der Waals surface area contributed by atoms with Crippen molar-refractivity contribution in [1.82, 2.24) is 20.4 Å². The van der Waals surface area contributed by atoms with Crippen LogP contribution in [0.4, 0.5) is 0 Å². The Hall–Kier alpha value is -3.73. The van der Waals surface area contributed by atoms with E-state index in [1.54, 1.807) is 6.20 Å². The average molecular weight is 413 g/mol. The van der Waals surface area contributed by atoms with Crippen molar-refractivity contribution < 1.29 is 5.11 Å². The highest BCUT2D eigenvalue weighted by molar-refractivity contribution is 5.70. The van der Waals surface area contributed by atoms with E-state index >= 15 is 0 Å². The summed E-state index contributed by atoms with van der Waals surface area (Å²) in [6.07, 6.45) is 13.6. The Morgan fingerprint density at radius 2 is 2.06 bits per heavy atom. The highest BCUT2D eigenvalue weighted by Gasteiger charge is 2.17. The van der Waals surface area contributed by atoms with E-state index in [0.717, 1.165) is 41.2 Å². The highest BCUT2D eigenvalue weighted by Crippen LogP contribution is 2.25. The number of aryl methyl sites for hydroxylation is 3. The summed E-state index contributed by atoms with van der Waals surface area (Å²) in [7, 11) is 0. The number of fused-ring (bicyclic) bond motifs is 1. The van der Waals surface area contributed by atoms with Crippen molar-refractivity contribution in [3.63, 3.8) is 0 Å².